The Bertz CT molecular complexity index is 421. The molecule has 1 aliphatic rings. The van der Waals surface area contributed by atoms with E-state index in [0.29, 0.717) is 18.4 Å². The summed E-state index contributed by atoms with van der Waals surface area (Å²) in [6.07, 6.45) is 4.93. The van der Waals surface area contributed by atoms with E-state index < -0.39 is 0 Å². The molecule has 0 aromatic carbocycles. The van der Waals surface area contributed by atoms with Crippen molar-refractivity contribution in [3.63, 3.8) is 0 Å². The van der Waals surface area contributed by atoms with E-state index in [9.17, 15) is 4.79 Å². The van der Waals surface area contributed by atoms with Crippen LogP contribution in [-0.4, -0.2) is 37.0 Å². The average molecular weight is 345 g/mol. The van der Waals surface area contributed by atoms with Gasteiger partial charge in [-0.3, -0.25) is 4.79 Å². The monoisotopic (exact) mass is 344 g/mol. The molecule has 5 heteroatoms. The molecule has 2 heterocycles. The summed E-state index contributed by atoms with van der Waals surface area (Å²) < 4.78 is 1.17. The van der Waals surface area contributed by atoms with Crippen molar-refractivity contribution < 1.29 is 4.79 Å². The molecule has 2 rings (SSSR count). The Balaban J connectivity index is 1.72. The molecular weight excluding hydrogens is 324 g/mol. The Morgan fingerprint density at radius 3 is 3.11 bits per heavy atom. The first-order valence-electron chi connectivity index (χ1n) is 6.88. The quantitative estimate of drug-likeness (QED) is 0.890. The third-order valence-corrected chi connectivity index (χ3v) is 5.31. The minimum atomic E-state index is 0.315. The van der Waals surface area contributed by atoms with Gasteiger partial charge >= 0.3 is 0 Å². The average Bonchev–Trinajstić information content (AvgIpc) is 2.84. The first-order valence-corrected chi connectivity index (χ1v) is 8.49. The SMILES string of the molecule is CNC1CCCN(C(=O)CCCc2ccc(Br)s2)C1. The molecule has 1 atom stereocenters. The number of nitrogens with zero attached hydrogens (tertiary/aromatic N) is 1. The molecule has 0 saturated carbocycles. The second-order valence-electron chi connectivity index (χ2n) is 5.03. The predicted octanol–water partition coefficient (Wildman–Crippen LogP) is 3.04. The standard InChI is InChI=1S/C14H21BrN2OS/c1-16-11-4-3-9-17(10-11)14(18)6-2-5-12-7-8-13(15)19-12/h7-8,11,16H,2-6,9-10H2,1H3. The molecule has 1 N–H and O–H groups in total. The predicted molar refractivity (Wildman–Crippen MR) is 83.6 cm³/mol. The summed E-state index contributed by atoms with van der Waals surface area (Å²) >= 11 is 5.23. The van der Waals surface area contributed by atoms with Gasteiger partial charge in [0.2, 0.25) is 5.91 Å². The molecule has 0 radical (unpaired) electrons. The van der Waals surface area contributed by atoms with Crippen molar-refractivity contribution in [3.8, 4) is 0 Å². The van der Waals surface area contributed by atoms with E-state index in [2.05, 4.69) is 33.4 Å². The van der Waals surface area contributed by atoms with E-state index in [1.54, 1.807) is 11.3 Å². The van der Waals surface area contributed by atoms with E-state index in [1.165, 1.54) is 15.1 Å². The molecule has 0 bridgehead atoms. The second-order valence-corrected chi connectivity index (χ2v) is 7.57. The summed E-state index contributed by atoms with van der Waals surface area (Å²) in [6, 6.07) is 4.69. The van der Waals surface area contributed by atoms with Crippen LogP contribution in [0.3, 0.4) is 0 Å². The van der Waals surface area contributed by atoms with Crippen LogP contribution in [-0.2, 0) is 11.2 Å². The molecule has 1 fully saturated rings. The number of thiophene rings is 1. The summed E-state index contributed by atoms with van der Waals surface area (Å²) in [5.41, 5.74) is 0. The lowest BCUT2D eigenvalue weighted by molar-refractivity contribution is -0.132. The maximum atomic E-state index is 12.1. The highest BCUT2D eigenvalue weighted by Crippen LogP contribution is 2.23. The lowest BCUT2D eigenvalue weighted by atomic mass is 10.1. The molecule has 0 aliphatic carbocycles. The van der Waals surface area contributed by atoms with E-state index in [1.807, 2.05) is 11.9 Å². The zero-order valence-corrected chi connectivity index (χ0v) is 13.7. The van der Waals surface area contributed by atoms with Crippen LogP contribution in [0, 0.1) is 0 Å². The summed E-state index contributed by atoms with van der Waals surface area (Å²) in [6.45, 7) is 1.81. The van der Waals surface area contributed by atoms with Crippen LogP contribution in [0.5, 0.6) is 0 Å². The largest absolute Gasteiger partial charge is 0.341 e. The van der Waals surface area contributed by atoms with Gasteiger partial charge in [-0.25, -0.2) is 0 Å². The molecule has 1 amide bonds. The fourth-order valence-electron chi connectivity index (χ4n) is 2.50. The molecule has 19 heavy (non-hydrogen) atoms. The number of hydrogen-bond acceptors (Lipinski definition) is 3. The van der Waals surface area contributed by atoms with Crippen LogP contribution in [0.15, 0.2) is 15.9 Å². The van der Waals surface area contributed by atoms with Crippen molar-refractivity contribution in [3.05, 3.63) is 20.8 Å². The molecule has 0 spiro atoms. The molecule has 1 saturated heterocycles. The van der Waals surface area contributed by atoms with Gasteiger partial charge in [-0.15, -0.1) is 11.3 Å². The number of carbonyl (C=O) groups is 1. The minimum Gasteiger partial charge on any atom is -0.341 e. The third-order valence-electron chi connectivity index (χ3n) is 3.63. The van der Waals surface area contributed by atoms with Gasteiger partial charge in [-0.05, 0) is 60.8 Å². The number of likely N-dealkylation sites (tertiary alicyclic amines) is 1. The molecule has 1 aromatic rings. The van der Waals surface area contributed by atoms with Gasteiger partial charge in [0.25, 0.3) is 0 Å². The number of rotatable bonds is 5. The third kappa shape index (κ3) is 4.58. The van der Waals surface area contributed by atoms with Crippen LogP contribution in [0.4, 0.5) is 0 Å². The number of amides is 1. The number of piperidine rings is 1. The lowest BCUT2D eigenvalue weighted by Gasteiger charge is -2.32. The van der Waals surface area contributed by atoms with E-state index >= 15 is 0 Å². The van der Waals surface area contributed by atoms with Gasteiger partial charge in [0.1, 0.15) is 0 Å². The Morgan fingerprint density at radius 1 is 1.58 bits per heavy atom. The molecule has 106 valence electrons. The summed E-state index contributed by atoms with van der Waals surface area (Å²) in [4.78, 5) is 15.5. The maximum absolute atomic E-state index is 12.1. The number of likely N-dealkylation sites (N-methyl/N-ethyl adjacent to an activating group) is 1. The Kier molecular flexibility index (Phi) is 5.85. The normalized spacial score (nSPS) is 19.7. The van der Waals surface area contributed by atoms with Crippen LogP contribution in [0.2, 0.25) is 0 Å². The Morgan fingerprint density at radius 2 is 2.42 bits per heavy atom. The number of halogens is 1. The topological polar surface area (TPSA) is 32.3 Å². The molecule has 1 aromatic heterocycles. The number of nitrogens with one attached hydrogen (secondary N) is 1. The molecular formula is C14H21BrN2OS. The van der Waals surface area contributed by atoms with Gasteiger partial charge in [-0.2, -0.15) is 0 Å². The molecule has 1 aliphatic heterocycles. The maximum Gasteiger partial charge on any atom is 0.222 e. The van der Waals surface area contributed by atoms with E-state index in [0.717, 1.165) is 32.4 Å². The first kappa shape index (κ1) is 15.0. The smallest absolute Gasteiger partial charge is 0.222 e. The van der Waals surface area contributed by atoms with Crippen molar-refractivity contribution in [2.45, 2.75) is 38.1 Å². The lowest BCUT2D eigenvalue weighted by Crippen LogP contribution is -2.46. The number of carbonyl (C=O) groups excluding carboxylic acids is 1. The zero-order valence-electron chi connectivity index (χ0n) is 11.3. The summed E-state index contributed by atoms with van der Waals surface area (Å²) in [5, 5.41) is 3.28. The van der Waals surface area contributed by atoms with E-state index in [4.69, 9.17) is 0 Å². The Labute approximate surface area is 127 Å². The Hall–Kier alpha value is -0.390. The fraction of sp³-hybridized carbons (Fsp3) is 0.643. The van der Waals surface area contributed by atoms with Gasteiger partial charge < -0.3 is 10.2 Å². The van der Waals surface area contributed by atoms with Crippen LogP contribution < -0.4 is 5.32 Å². The van der Waals surface area contributed by atoms with E-state index in [-0.39, 0.29) is 0 Å². The highest BCUT2D eigenvalue weighted by Gasteiger charge is 2.21. The summed E-state index contributed by atoms with van der Waals surface area (Å²) in [7, 11) is 1.98. The van der Waals surface area contributed by atoms with Crippen molar-refractivity contribution in [1.82, 2.24) is 10.2 Å². The van der Waals surface area contributed by atoms with Crippen molar-refractivity contribution >= 4 is 33.2 Å². The second kappa shape index (κ2) is 7.41. The minimum absolute atomic E-state index is 0.315. The van der Waals surface area contributed by atoms with Crippen LogP contribution >= 0.6 is 27.3 Å². The van der Waals surface area contributed by atoms with Gasteiger partial charge in [0.05, 0.1) is 3.79 Å². The van der Waals surface area contributed by atoms with Gasteiger partial charge in [0.15, 0.2) is 0 Å². The van der Waals surface area contributed by atoms with Crippen LogP contribution in [0.1, 0.15) is 30.6 Å². The van der Waals surface area contributed by atoms with Gasteiger partial charge in [0, 0.05) is 30.4 Å². The molecule has 1 unspecified atom stereocenters. The van der Waals surface area contributed by atoms with Gasteiger partial charge in [-0.1, -0.05) is 0 Å². The molecule has 3 nitrogen and oxygen atoms in total. The van der Waals surface area contributed by atoms with Crippen molar-refractivity contribution in [1.29, 1.82) is 0 Å². The van der Waals surface area contributed by atoms with Crippen molar-refractivity contribution in [2.24, 2.45) is 0 Å². The highest BCUT2D eigenvalue weighted by atomic mass is 79.9. The fourth-order valence-corrected chi connectivity index (χ4v) is 4.02. The number of hydrogen-bond donors (Lipinski definition) is 1. The van der Waals surface area contributed by atoms with Crippen LogP contribution in [0.25, 0.3) is 0 Å². The first-order chi connectivity index (χ1) is 9.19. The zero-order chi connectivity index (χ0) is 13.7. The highest BCUT2D eigenvalue weighted by molar-refractivity contribution is 9.11. The number of aryl methyl sites for hydroxylation is 1. The summed E-state index contributed by atoms with van der Waals surface area (Å²) in [5.74, 6) is 0.315. The van der Waals surface area contributed by atoms with Crippen molar-refractivity contribution in [2.75, 3.05) is 20.1 Å².